The third-order valence-corrected chi connectivity index (χ3v) is 2.01. The predicted molar refractivity (Wildman–Crippen MR) is 60.4 cm³/mol. The highest BCUT2D eigenvalue weighted by Gasteiger charge is 1.98. The highest BCUT2D eigenvalue weighted by Crippen LogP contribution is 2.04. The van der Waals surface area contributed by atoms with Crippen molar-refractivity contribution in [3.05, 3.63) is 36.0 Å². The fourth-order valence-corrected chi connectivity index (χ4v) is 1.32. The Morgan fingerprint density at radius 2 is 2.13 bits per heavy atom. The normalized spacial score (nSPS) is 11.4. The van der Waals surface area contributed by atoms with Crippen molar-refractivity contribution < 1.29 is 0 Å². The van der Waals surface area contributed by atoms with Gasteiger partial charge in [0.25, 0.3) is 0 Å². The minimum absolute atomic E-state index is 0.744. The average Bonchev–Trinajstić information content (AvgIpc) is 2.53. The van der Waals surface area contributed by atoms with Crippen molar-refractivity contribution >= 4 is 11.9 Å². The second-order valence-corrected chi connectivity index (χ2v) is 3.72. The standard InChI is InChI=1S/C11H14N4/c1-9-8-15-7-5-10(4-6-14(2)3)13-11(15)12-9/h4-8H,1-3H3/b6-4+. The van der Waals surface area contributed by atoms with Gasteiger partial charge in [-0.25, -0.2) is 9.97 Å². The van der Waals surface area contributed by atoms with Crippen LogP contribution in [0.5, 0.6) is 0 Å². The molecule has 0 saturated heterocycles. The van der Waals surface area contributed by atoms with Crippen LogP contribution in [0.2, 0.25) is 0 Å². The van der Waals surface area contributed by atoms with Gasteiger partial charge >= 0.3 is 0 Å². The van der Waals surface area contributed by atoms with Gasteiger partial charge in [0.05, 0.1) is 11.4 Å². The first-order valence-corrected chi connectivity index (χ1v) is 4.82. The molecule has 0 fully saturated rings. The molecule has 0 spiro atoms. The molecule has 0 amide bonds. The van der Waals surface area contributed by atoms with E-state index in [4.69, 9.17) is 0 Å². The summed E-state index contributed by atoms with van der Waals surface area (Å²) in [6, 6.07) is 1.97. The maximum atomic E-state index is 4.41. The number of aromatic nitrogens is 3. The highest BCUT2D eigenvalue weighted by atomic mass is 15.1. The summed E-state index contributed by atoms with van der Waals surface area (Å²) in [7, 11) is 3.96. The van der Waals surface area contributed by atoms with E-state index in [0.717, 1.165) is 17.2 Å². The molecule has 0 radical (unpaired) electrons. The van der Waals surface area contributed by atoms with E-state index in [1.54, 1.807) is 0 Å². The van der Waals surface area contributed by atoms with Crippen LogP contribution in [0.1, 0.15) is 11.4 Å². The second kappa shape index (κ2) is 3.73. The number of nitrogens with zero attached hydrogens (tertiary/aromatic N) is 4. The minimum Gasteiger partial charge on any atom is -0.383 e. The predicted octanol–water partition coefficient (Wildman–Crippen LogP) is 1.57. The van der Waals surface area contributed by atoms with Gasteiger partial charge in [-0.05, 0) is 19.1 Å². The van der Waals surface area contributed by atoms with Crippen LogP contribution in [0, 0.1) is 6.92 Å². The summed E-state index contributed by atoms with van der Waals surface area (Å²) in [6.45, 7) is 1.96. The van der Waals surface area contributed by atoms with Crippen molar-refractivity contribution in [3.63, 3.8) is 0 Å². The number of imidazole rings is 1. The number of rotatable bonds is 2. The van der Waals surface area contributed by atoms with Gasteiger partial charge in [0.1, 0.15) is 0 Å². The topological polar surface area (TPSA) is 33.4 Å². The van der Waals surface area contributed by atoms with Crippen LogP contribution in [-0.4, -0.2) is 33.4 Å². The Kier molecular flexibility index (Phi) is 2.41. The van der Waals surface area contributed by atoms with Crippen LogP contribution >= 0.6 is 0 Å². The second-order valence-electron chi connectivity index (χ2n) is 3.72. The van der Waals surface area contributed by atoms with Crippen LogP contribution in [0.4, 0.5) is 0 Å². The zero-order chi connectivity index (χ0) is 10.8. The molecule has 0 N–H and O–H groups in total. The van der Waals surface area contributed by atoms with E-state index in [2.05, 4.69) is 9.97 Å². The van der Waals surface area contributed by atoms with Gasteiger partial charge in [-0.1, -0.05) is 0 Å². The van der Waals surface area contributed by atoms with Crippen molar-refractivity contribution in [2.24, 2.45) is 0 Å². The maximum absolute atomic E-state index is 4.41. The van der Waals surface area contributed by atoms with Crippen molar-refractivity contribution in [1.82, 2.24) is 19.3 Å². The van der Waals surface area contributed by atoms with E-state index in [0.29, 0.717) is 0 Å². The van der Waals surface area contributed by atoms with Crippen LogP contribution in [0.3, 0.4) is 0 Å². The molecule has 0 unspecified atom stereocenters. The lowest BCUT2D eigenvalue weighted by molar-refractivity contribution is 0.567. The summed E-state index contributed by atoms with van der Waals surface area (Å²) < 4.78 is 1.92. The zero-order valence-electron chi connectivity index (χ0n) is 9.18. The summed E-state index contributed by atoms with van der Waals surface area (Å²) in [6.07, 6.45) is 7.86. The summed E-state index contributed by atoms with van der Waals surface area (Å²) in [5.74, 6) is 0.744. The molecule has 78 valence electrons. The van der Waals surface area contributed by atoms with Crippen molar-refractivity contribution in [3.8, 4) is 0 Å². The van der Waals surface area contributed by atoms with Crippen LogP contribution < -0.4 is 0 Å². The molecular weight excluding hydrogens is 188 g/mol. The monoisotopic (exact) mass is 202 g/mol. The van der Waals surface area contributed by atoms with E-state index in [-0.39, 0.29) is 0 Å². The number of hydrogen-bond acceptors (Lipinski definition) is 3. The first-order valence-electron chi connectivity index (χ1n) is 4.82. The van der Waals surface area contributed by atoms with Crippen molar-refractivity contribution in [2.75, 3.05) is 14.1 Å². The van der Waals surface area contributed by atoms with Gasteiger partial charge in [0, 0.05) is 32.7 Å². The molecule has 0 saturated carbocycles. The quantitative estimate of drug-likeness (QED) is 0.741. The van der Waals surface area contributed by atoms with E-state index in [1.165, 1.54) is 0 Å². The molecular formula is C11H14N4. The largest absolute Gasteiger partial charge is 0.383 e. The van der Waals surface area contributed by atoms with Crippen LogP contribution in [-0.2, 0) is 0 Å². The van der Waals surface area contributed by atoms with Crippen LogP contribution in [0.25, 0.3) is 11.9 Å². The van der Waals surface area contributed by atoms with E-state index in [9.17, 15) is 0 Å². The fourth-order valence-electron chi connectivity index (χ4n) is 1.32. The molecule has 0 aliphatic rings. The van der Waals surface area contributed by atoms with E-state index in [1.807, 2.05) is 61.1 Å². The molecule has 2 aromatic heterocycles. The fraction of sp³-hybridized carbons (Fsp3) is 0.273. The Morgan fingerprint density at radius 3 is 2.87 bits per heavy atom. The van der Waals surface area contributed by atoms with Gasteiger partial charge in [0.2, 0.25) is 5.78 Å². The van der Waals surface area contributed by atoms with Gasteiger partial charge < -0.3 is 4.90 Å². The smallest absolute Gasteiger partial charge is 0.234 e. The van der Waals surface area contributed by atoms with Gasteiger partial charge in [0.15, 0.2) is 0 Å². The lowest BCUT2D eigenvalue weighted by Gasteiger charge is -2.02. The minimum atomic E-state index is 0.744. The molecule has 0 aliphatic carbocycles. The third-order valence-electron chi connectivity index (χ3n) is 2.01. The zero-order valence-corrected chi connectivity index (χ0v) is 9.18. The molecule has 0 aliphatic heterocycles. The molecule has 0 bridgehead atoms. The maximum Gasteiger partial charge on any atom is 0.234 e. The van der Waals surface area contributed by atoms with E-state index >= 15 is 0 Å². The first-order chi connectivity index (χ1) is 7.15. The number of aryl methyl sites for hydroxylation is 1. The third kappa shape index (κ3) is 2.15. The summed E-state index contributed by atoms with van der Waals surface area (Å²) in [5, 5.41) is 0. The Morgan fingerprint density at radius 1 is 1.33 bits per heavy atom. The van der Waals surface area contributed by atoms with Crippen molar-refractivity contribution in [2.45, 2.75) is 6.92 Å². The molecule has 0 aromatic carbocycles. The number of hydrogen-bond donors (Lipinski definition) is 0. The van der Waals surface area contributed by atoms with E-state index < -0.39 is 0 Å². The van der Waals surface area contributed by atoms with Gasteiger partial charge in [-0.2, -0.15) is 0 Å². The Balaban J connectivity index is 2.38. The lowest BCUT2D eigenvalue weighted by Crippen LogP contribution is -2.00. The lowest BCUT2D eigenvalue weighted by atomic mass is 10.4. The molecule has 2 rings (SSSR count). The average molecular weight is 202 g/mol. The molecule has 2 heterocycles. The Hall–Kier alpha value is -1.84. The summed E-state index contributed by atoms with van der Waals surface area (Å²) in [4.78, 5) is 10.7. The highest BCUT2D eigenvalue weighted by molar-refractivity contribution is 5.47. The Bertz CT molecular complexity index is 496. The molecule has 4 heteroatoms. The Labute approximate surface area is 88.9 Å². The molecule has 0 atom stereocenters. The SMILES string of the molecule is Cc1cn2ccc(/C=C/N(C)C)nc2n1. The first kappa shape index (κ1) is 9.71. The molecule has 15 heavy (non-hydrogen) atoms. The summed E-state index contributed by atoms with van der Waals surface area (Å²) in [5.41, 5.74) is 1.90. The molecule has 2 aromatic rings. The van der Waals surface area contributed by atoms with Crippen LogP contribution in [0.15, 0.2) is 24.7 Å². The molecule has 4 nitrogen and oxygen atoms in total. The van der Waals surface area contributed by atoms with Gasteiger partial charge in [-0.3, -0.25) is 4.40 Å². The van der Waals surface area contributed by atoms with Crippen molar-refractivity contribution in [1.29, 1.82) is 0 Å². The number of fused-ring (bicyclic) bond motifs is 1. The summed E-state index contributed by atoms with van der Waals surface area (Å²) >= 11 is 0. The van der Waals surface area contributed by atoms with Gasteiger partial charge in [-0.15, -0.1) is 0 Å².